The van der Waals surface area contributed by atoms with Crippen molar-refractivity contribution in [2.75, 3.05) is 0 Å². The number of aromatic hydroxyl groups is 1. The average molecular weight is 217 g/mol. The number of aromatic amines is 1. The molecule has 0 saturated heterocycles. The van der Waals surface area contributed by atoms with Crippen LogP contribution in [-0.2, 0) is 0 Å². The number of hydrogen-bond donors (Lipinski definition) is 2. The Labute approximate surface area is 91.8 Å². The van der Waals surface area contributed by atoms with Gasteiger partial charge in [-0.2, -0.15) is 4.98 Å². The van der Waals surface area contributed by atoms with Crippen LogP contribution in [0.15, 0.2) is 23.3 Å². The van der Waals surface area contributed by atoms with Gasteiger partial charge in [0.05, 0.1) is 5.56 Å². The highest BCUT2D eigenvalue weighted by Gasteiger charge is 2.09. The second-order valence-corrected chi connectivity index (χ2v) is 3.55. The Balaban J connectivity index is 2.67. The monoisotopic (exact) mass is 217 g/mol. The summed E-state index contributed by atoms with van der Waals surface area (Å²) in [5.74, 6) is 0.0840. The number of aryl methyl sites for hydroxylation is 1. The van der Waals surface area contributed by atoms with E-state index in [2.05, 4.69) is 15.0 Å². The lowest BCUT2D eigenvalue weighted by molar-refractivity contribution is 0.447. The third kappa shape index (κ3) is 1.67. The van der Waals surface area contributed by atoms with E-state index in [1.807, 2.05) is 13.0 Å². The van der Waals surface area contributed by atoms with Gasteiger partial charge in [-0.25, -0.2) is 0 Å². The van der Waals surface area contributed by atoms with E-state index in [4.69, 9.17) is 0 Å². The molecule has 2 heterocycles. The number of rotatable bonds is 1. The maximum Gasteiger partial charge on any atom is 0.257 e. The van der Waals surface area contributed by atoms with Crippen LogP contribution in [0.5, 0.6) is 5.88 Å². The van der Waals surface area contributed by atoms with Gasteiger partial charge in [-0.1, -0.05) is 0 Å². The Kier molecular flexibility index (Phi) is 2.44. The van der Waals surface area contributed by atoms with Crippen molar-refractivity contribution in [3.05, 3.63) is 39.9 Å². The molecule has 0 fully saturated rings. The number of pyridine rings is 1. The molecule has 2 aromatic heterocycles. The van der Waals surface area contributed by atoms with E-state index in [-0.39, 0.29) is 17.0 Å². The summed E-state index contributed by atoms with van der Waals surface area (Å²) in [6.45, 7) is 3.40. The second-order valence-electron chi connectivity index (χ2n) is 3.55. The predicted molar refractivity (Wildman–Crippen MR) is 59.2 cm³/mol. The van der Waals surface area contributed by atoms with Crippen molar-refractivity contribution in [2.24, 2.45) is 0 Å². The fraction of sp³-hybridized carbons (Fsp3) is 0.182. The van der Waals surface area contributed by atoms with Crippen LogP contribution in [-0.4, -0.2) is 20.1 Å². The minimum Gasteiger partial charge on any atom is -0.493 e. The summed E-state index contributed by atoms with van der Waals surface area (Å²) in [5, 5.41) is 9.48. The van der Waals surface area contributed by atoms with Crippen LogP contribution in [0.25, 0.3) is 11.4 Å². The molecule has 0 saturated carbocycles. The quantitative estimate of drug-likeness (QED) is 0.751. The van der Waals surface area contributed by atoms with E-state index >= 15 is 0 Å². The molecule has 5 heteroatoms. The molecule has 0 amide bonds. The van der Waals surface area contributed by atoms with E-state index in [0.717, 1.165) is 5.56 Å². The SMILES string of the molecule is Cc1ccncc1-c1nc(O)c(C)c(=O)[nH]1. The lowest BCUT2D eigenvalue weighted by atomic mass is 10.1. The highest BCUT2D eigenvalue weighted by Crippen LogP contribution is 2.19. The number of hydrogen-bond acceptors (Lipinski definition) is 4. The molecule has 2 N–H and O–H groups in total. The van der Waals surface area contributed by atoms with Gasteiger partial charge in [0.25, 0.3) is 5.56 Å². The summed E-state index contributed by atoms with van der Waals surface area (Å²) in [5.41, 5.74) is 1.51. The largest absolute Gasteiger partial charge is 0.493 e. The van der Waals surface area contributed by atoms with Crippen molar-refractivity contribution in [2.45, 2.75) is 13.8 Å². The molecule has 0 spiro atoms. The van der Waals surface area contributed by atoms with Crippen LogP contribution in [0.2, 0.25) is 0 Å². The van der Waals surface area contributed by atoms with Gasteiger partial charge in [0, 0.05) is 18.0 Å². The summed E-state index contributed by atoms with van der Waals surface area (Å²) in [6, 6.07) is 1.81. The standard InChI is InChI=1S/C11H11N3O2/c1-6-3-4-12-5-8(6)9-13-10(15)7(2)11(16)14-9/h3-5H,1-2H3,(H2,13,14,15,16). The predicted octanol–water partition coefficient (Wildman–Crippen LogP) is 1.15. The Morgan fingerprint density at radius 3 is 2.75 bits per heavy atom. The lowest BCUT2D eigenvalue weighted by Crippen LogP contribution is -2.12. The van der Waals surface area contributed by atoms with E-state index in [9.17, 15) is 9.90 Å². The summed E-state index contributed by atoms with van der Waals surface area (Å²) >= 11 is 0. The lowest BCUT2D eigenvalue weighted by Gasteiger charge is -2.05. The van der Waals surface area contributed by atoms with Crippen molar-refractivity contribution in [1.82, 2.24) is 15.0 Å². The van der Waals surface area contributed by atoms with Gasteiger partial charge >= 0.3 is 0 Å². The third-order valence-electron chi connectivity index (χ3n) is 2.42. The van der Waals surface area contributed by atoms with Gasteiger partial charge in [-0.3, -0.25) is 9.78 Å². The maximum atomic E-state index is 11.5. The fourth-order valence-corrected chi connectivity index (χ4v) is 1.36. The first-order chi connectivity index (χ1) is 7.59. The second kappa shape index (κ2) is 3.77. The number of nitrogens with one attached hydrogen (secondary N) is 1. The van der Waals surface area contributed by atoms with Crippen LogP contribution >= 0.6 is 0 Å². The van der Waals surface area contributed by atoms with Crippen molar-refractivity contribution in [3.63, 3.8) is 0 Å². The van der Waals surface area contributed by atoms with Crippen LogP contribution in [0, 0.1) is 13.8 Å². The van der Waals surface area contributed by atoms with Gasteiger partial charge in [-0.15, -0.1) is 0 Å². The molecular formula is C11H11N3O2. The van der Waals surface area contributed by atoms with Gasteiger partial charge in [0.15, 0.2) is 0 Å². The van der Waals surface area contributed by atoms with Gasteiger partial charge in [0.1, 0.15) is 5.82 Å². The molecule has 0 atom stereocenters. The third-order valence-corrected chi connectivity index (χ3v) is 2.42. The molecule has 0 aliphatic rings. The number of H-pyrrole nitrogens is 1. The van der Waals surface area contributed by atoms with Gasteiger partial charge < -0.3 is 10.1 Å². The first kappa shape index (κ1) is 10.4. The van der Waals surface area contributed by atoms with E-state index < -0.39 is 0 Å². The smallest absolute Gasteiger partial charge is 0.257 e. The maximum absolute atomic E-state index is 11.5. The molecule has 2 rings (SSSR count). The Hall–Kier alpha value is -2.17. The van der Waals surface area contributed by atoms with Crippen LogP contribution in [0.1, 0.15) is 11.1 Å². The highest BCUT2D eigenvalue weighted by atomic mass is 16.3. The molecule has 5 nitrogen and oxygen atoms in total. The van der Waals surface area contributed by atoms with E-state index in [1.165, 1.54) is 6.92 Å². The Morgan fingerprint density at radius 2 is 2.12 bits per heavy atom. The molecular weight excluding hydrogens is 206 g/mol. The van der Waals surface area contributed by atoms with Crippen molar-refractivity contribution >= 4 is 0 Å². The molecule has 0 radical (unpaired) electrons. The number of aromatic nitrogens is 3. The minimum absolute atomic E-state index is 0.213. The molecule has 0 bridgehead atoms. The summed E-state index contributed by atoms with van der Waals surface area (Å²) in [6.07, 6.45) is 3.26. The summed E-state index contributed by atoms with van der Waals surface area (Å²) in [4.78, 5) is 22.0. The zero-order valence-corrected chi connectivity index (χ0v) is 8.98. The summed E-state index contributed by atoms with van der Waals surface area (Å²) < 4.78 is 0. The Morgan fingerprint density at radius 1 is 1.38 bits per heavy atom. The van der Waals surface area contributed by atoms with Crippen LogP contribution in [0.3, 0.4) is 0 Å². The molecule has 0 unspecified atom stereocenters. The fourth-order valence-electron chi connectivity index (χ4n) is 1.36. The van der Waals surface area contributed by atoms with Gasteiger partial charge in [-0.05, 0) is 25.5 Å². The normalized spacial score (nSPS) is 10.4. The first-order valence-electron chi connectivity index (χ1n) is 4.80. The average Bonchev–Trinajstić information content (AvgIpc) is 2.26. The van der Waals surface area contributed by atoms with Crippen molar-refractivity contribution < 1.29 is 5.11 Å². The molecule has 2 aromatic rings. The van der Waals surface area contributed by atoms with Crippen LogP contribution in [0.4, 0.5) is 0 Å². The number of nitrogens with zero attached hydrogens (tertiary/aromatic N) is 2. The molecule has 0 aliphatic heterocycles. The van der Waals surface area contributed by atoms with E-state index in [0.29, 0.717) is 11.4 Å². The molecule has 16 heavy (non-hydrogen) atoms. The highest BCUT2D eigenvalue weighted by molar-refractivity contribution is 5.58. The zero-order chi connectivity index (χ0) is 11.7. The van der Waals surface area contributed by atoms with Gasteiger partial charge in [0.2, 0.25) is 5.88 Å². The molecule has 0 aliphatic carbocycles. The molecule has 82 valence electrons. The van der Waals surface area contributed by atoms with E-state index in [1.54, 1.807) is 12.4 Å². The van der Waals surface area contributed by atoms with Crippen molar-refractivity contribution in [1.29, 1.82) is 0 Å². The Bertz CT molecular complexity index is 590. The van der Waals surface area contributed by atoms with Crippen molar-refractivity contribution in [3.8, 4) is 17.3 Å². The first-order valence-corrected chi connectivity index (χ1v) is 4.80. The minimum atomic E-state index is -0.342. The molecule has 0 aromatic carbocycles. The summed E-state index contributed by atoms with van der Waals surface area (Å²) in [7, 11) is 0. The zero-order valence-electron chi connectivity index (χ0n) is 8.98. The topological polar surface area (TPSA) is 78.9 Å². The van der Waals surface area contributed by atoms with Crippen LogP contribution < -0.4 is 5.56 Å².